The molecule has 0 saturated carbocycles. The second kappa shape index (κ2) is 13.0. The van der Waals surface area contributed by atoms with Crippen LogP contribution < -0.4 is 21.1 Å². The minimum absolute atomic E-state index is 0.0681. The average Bonchev–Trinajstić information content (AvgIpc) is 3.81. The summed E-state index contributed by atoms with van der Waals surface area (Å²) in [5.74, 6) is -1.36. The van der Waals surface area contributed by atoms with Crippen LogP contribution in [0.1, 0.15) is 21.7 Å². The van der Waals surface area contributed by atoms with Crippen molar-refractivity contribution in [3.8, 4) is 22.6 Å². The molecule has 2 aromatic carbocycles. The molecule has 2 aliphatic heterocycles. The van der Waals surface area contributed by atoms with Crippen molar-refractivity contribution >= 4 is 34.9 Å². The largest absolute Gasteiger partial charge is 0.457 e. The van der Waals surface area contributed by atoms with E-state index in [0.717, 1.165) is 16.0 Å². The summed E-state index contributed by atoms with van der Waals surface area (Å²) < 4.78 is 30.4. The van der Waals surface area contributed by atoms with Gasteiger partial charge in [0, 0.05) is 28.6 Å². The predicted molar refractivity (Wildman–Crippen MR) is 164 cm³/mol. The Morgan fingerprint density at radius 2 is 1.76 bits per heavy atom. The second-order valence-electron chi connectivity index (χ2n) is 10.6. The highest BCUT2D eigenvalue weighted by Gasteiger charge is 2.52. The van der Waals surface area contributed by atoms with E-state index in [0.29, 0.717) is 36.1 Å². The van der Waals surface area contributed by atoms with Crippen LogP contribution >= 0.6 is 11.3 Å². The zero-order chi connectivity index (χ0) is 31.4. The van der Waals surface area contributed by atoms with Gasteiger partial charge in [0.15, 0.2) is 5.79 Å². The van der Waals surface area contributed by atoms with Crippen molar-refractivity contribution in [2.75, 3.05) is 32.0 Å². The number of nitrogens with one attached hydrogen (secondary N) is 2. The van der Waals surface area contributed by atoms with Gasteiger partial charge in [-0.25, -0.2) is 9.37 Å². The molecule has 1 atom stereocenters. The molecule has 2 saturated heterocycles. The molecule has 4 aromatic rings. The number of halogens is 1. The summed E-state index contributed by atoms with van der Waals surface area (Å²) in [6, 6.07) is 16.7. The van der Waals surface area contributed by atoms with E-state index in [2.05, 4.69) is 15.6 Å². The summed E-state index contributed by atoms with van der Waals surface area (Å²) in [6.07, 6.45) is 1.80. The van der Waals surface area contributed by atoms with E-state index in [-0.39, 0.29) is 37.8 Å². The molecule has 3 amide bonds. The maximum absolute atomic E-state index is 13.4. The van der Waals surface area contributed by atoms with Gasteiger partial charge in [-0.2, -0.15) is 0 Å². The van der Waals surface area contributed by atoms with Crippen molar-refractivity contribution in [2.24, 2.45) is 0 Å². The molecule has 0 radical (unpaired) electrons. The number of amides is 3. The predicted octanol–water partition coefficient (Wildman–Crippen LogP) is 3.71. The third-order valence-electron chi connectivity index (χ3n) is 7.53. The van der Waals surface area contributed by atoms with Crippen LogP contribution in [-0.4, -0.2) is 65.7 Å². The first-order chi connectivity index (χ1) is 21.8. The van der Waals surface area contributed by atoms with Gasteiger partial charge in [-0.3, -0.25) is 14.4 Å². The van der Waals surface area contributed by atoms with E-state index in [4.69, 9.17) is 19.9 Å². The van der Waals surface area contributed by atoms with E-state index in [9.17, 15) is 18.8 Å². The lowest BCUT2D eigenvalue weighted by molar-refractivity contribution is -0.152. The van der Waals surface area contributed by atoms with E-state index in [1.54, 1.807) is 30.5 Å². The van der Waals surface area contributed by atoms with Gasteiger partial charge in [0.25, 0.3) is 5.91 Å². The number of nitrogens with two attached hydrogens (primary N) is 1. The zero-order valence-electron chi connectivity index (χ0n) is 24.0. The molecule has 45 heavy (non-hydrogen) atoms. The molecule has 4 N–H and O–H groups in total. The Bertz CT molecular complexity index is 1690. The quantitative estimate of drug-likeness (QED) is 0.254. The van der Waals surface area contributed by atoms with Crippen LogP contribution in [0.3, 0.4) is 0 Å². The molecule has 4 heterocycles. The van der Waals surface area contributed by atoms with Crippen LogP contribution in [-0.2, 0) is 25.6 Å². The van der Waals surface area contributed by atoms with Crippen LogP contribution in [0.2, 0.25) is 0 Å². The number of carbonyl (C=O) groups excluding carboxylic acids is 3. The first-order valence-electron chi connectivity index (χ1n) is 14.2. The fourth-order valence-electron chi connectivity index (χ4n) is 5.28. The van der Waals surface area contributed by atoms with Gasteiger partial charge in [0.05, 0.1) is 32.8 Å². The molecule has 2 fully saturated rings. The number of hydrogen-bond acceptors (Lipinski definition) is 9. The molecular weight excluding hydrogens is 601 g/mol. The maximum atomic E-state index is 13.4. The standard InChI is InChI=1S/C32H30FN5O6S/c33-22-5-9-24(10-6-22)44-23-7-3-20(4-8-23)30(40)37-17-28(39)38-19-32(42-12-13-43-32)15-27(38)31(41)36-16-25-14-21(18-45-25)26-2-1-11-35-29(26)34/h1-11,14,18,27H,12-13,15-17,19H2,(H2,34,35)(H,36,41)(H,37,40). The minimum Gasteiger partial charge on any atom is -0.457 e. The van der Waals surface area contributed by atoms with Gasteiger partial charge in [-0.1, -0.05) is 0 Å². The van der Waals surface area contributed by atoms with E-state index >= 15 is 0 Å². The van der Waals surface area contributed by atoms with E-state index in [1.165, 1.54) is 40.5 Å². The Kier molecular flexibility index (Phi) is 8.74. The lowest BCUT2D eigenvalue weighted by Crippen LogP contribution is -2.49. The third-order valence-corrected chi connectivity index (χ3v) is 8.47. The number of pyridine rings is 1. The molecule has 2 aliphatic rings. The Labute approximate surface area is 262 Å². The van der Waals surface area contributed by atoms with Gasteiger partial charge < -0.3 is 35.5 Å². The summed E-state index contributed by atoms with van der Waals surface area (Å²) in [6.45, 7) is 0.730. The first-order valence-corrected chi connectivity index (χ1v) is 15.1. The topological polar surface area (TPSA) is 145 Å². The summed E-state index contributed by atoms with van der Waals surface area (Å²) in [7, 11) is 0. The van der Waals surface area contributed by atoms with Crippen molar-refractivity contribution in [3.05, 3.63) is 94.6 Å². The van der Waals surface area contributed by atoms with Crippen LogP contribution in [0, 0.1) is 5.82 Å². The minimum atomic E-state index is -1.06. The highest BCUT2D eigenvalue weighted by molar-refractivity contribution is 7.10. The summed E-state index contributed by atoms with van der Waals surface area (Å²) >= 11 is 1.48. The number of nitrogens with zero attached hydrogens (tertiary/aromatic N) is 2. The maximum Gasteiger partial charge on any atom is 0.251 e. The van der Waals surface area contributed by atoms with Crippen LogP contribution in [0.15, 0.2) is 78.3 Å². The van der Waals surface area contributed by atoms with Gasteiger partial charge in [-0.15, -0.1) is 11.3 Å². The lowest BCUT2D eigenvalue weighted by Gasteiger charge is -2.24. The zero-order valence-corrected chi connectivity index (χ0v) is 24.8. The molecule has 2 aromatic heterocycles. The Morgan fingerprint density at radius 3 is 2.47 bits per heavy atom. The molecule has 0 bridgehead atoms. The molecule has 232 valence electrons. The Morgan fingerprint density at radius 1 is 1.04 bits per heavy atom. The molecule has 1 spiro atoms. The lowest BCUT2D eigenvalue weighted by atomic mass is 10.1. The molecule has 6 rings (SSSR count). The number of thiophene rings is 1. The fraction of sp³-hybridized carbons (Fsp3) is 0.250. The van der Waals surface area contributed by atoms with E-state index in [1.807, 2.05) is 23.6 Å². The SMILES string of the molecule is Nc1ncccc1-c1csc(CNC(=O)C2CC3(CN2C(=O)CNC(=O)c2ccc(Oc4ccc(F)cc4)cc2)OCCO3)c1. The molecule has 11 nitrogen and oxygen atoms in total. The van der Waals surface area contributed by atoms with Crippen LogP contribution in [0.4, 0.5) is 10.2 Å². The van der Waals surface area contributed by atoms with Gasteiger partial charge >= 0.3 is 0 Å². The summed E-state index contributed by atoms with van der Waals surface area (Å²) in [5.41, 5.74) is 8.03. The number of ether oxygens (including phenoxy) is 3. The number of nitrogen functional groups attached to an aromatic ring is 1. The van der Waals surface area contributed by atoms with Crippen molar-refractivity contribution in [1.29, 1.82) is 0 Å². The molecular formula is C32H30FN5O6S. The highest BCUT2D eigenvalue weighted by atomic mass is 32.1. The molecule has 1 unspecified atom stereocenters. The summed E-state index contributed by atoms with van der Waals surface area (Å²) in [4.78, 5) is 46.0. The summed E-state index contributed by atoms with van der Waals surface area (Å²) in [5, 5.41) is 7.51. The number of anilines is 1. The van der Waals surface area contributed by atoms with Crippen molar-refractivity contribution in [1.82, 2.24) is 20.5 Å². The normalized spacial score (nSPS) is 16.9. The van der Waals surface area contributed by atoms with Gasteiger partial charge in [0.1, 0.15) is 29.2 Å². The van der Waals surface area contributed by atoms with Crippen LogP contribution in [0.25, 0.3) is 11.1 Å². The van der Waals surface area contributed by atoms with E-state index < -0.39 is 23.6 Å². The number of benzene rings is 2. The van der Waals surface area contributed by atoms with Crippen molar-refractivity contribution < 1.29 is 33.0 Å². The van der Waals surface area contributed by atoms with Crippen molar-refractivity contribution in [2.45, 2.75) is 24.8 Å². The molecule has 13 heteroatoms. The Balaban J connectivity index is 1.06. The van der Waals surface area contributed by atoms with Crippen LogP contribution in [0.5, 0.6) is 11.5 Å². The number of carbonyl (C=O) groups is 3. The number of hydrogen-bond donors (Lipinski definition) is 3. The second-order valence-corrected chi connectivity index (χ2v) is 11.6. The number of rotatable bonds is 9. The highest BCUT2D eigenvalue weighted by Crippen LogP contribution is 2.35. The van der Waals surface area contributed by atoms with Gasteiger partial charge in [-0.05, 0) is 77.7 Å². The first kappa shape index (κ1) is 30.2. The number of aromatic nitrogens is 1. The Hall–Kier alpha value is -4.85. The molecule has 0 aliphatic carbocycles. The smallest absolute Gasteiger partial charge is 0.251 e. The van der Waals surface area contributed by atoms with Gasteiger partial charge in [0.2, 0.25) is 11.8 Å². The third kappa shape index (κ3) is 6.95. The van der Waals surface area contributed by atoms with Crippen molar-refractivity contribution in [3.63, 3.8) is 0 Å². The average molecular weight is 632 g/mol. The fourth-order valence-corrected chi connectivity index (χ4v) is 6.11. The monoisotopic (exact) mass is 631 g/mol. The number of likely N-dealkylation sites (tertiary alicyclic amines) is 1.